The lowest BCUT2D eigenvalue weighted by Gasteiger charge is -2.37. The Bertz CT molecular complexity index is 645. The summed E-state index contributed by atoms with van der Waals surface area (Å²) in [6.45, 7) is 11.2. The van der Waals surface area contributed by atoms with Crippen molar-refractivity contribution in [1.82, 2.24) is 10.6 Å². The zero-order valence-electron chi connectivity index (χ0n) is 16.3. The van der Waals surface area contributed by atoms with Crippen molar-refractivity contribution in [3.8, 4) is 0 Å². The number of benzene rings is 1. The number of amides is 1. The van der Waals surface area contributed by atoms with Gasteiger partial charge in [-0.05, 0) is 37.0 Å². The molecule has 7 heteroatoms. The van der Waals surface area contributed by atoms with Gasteiger partial charge in [-0.1, -0.05) is 44.5 Å². The summed E-state index contributed by atoms with van der Waals surface area (Å²) < 4.78 is 20.8. The fourth-order valence-electron chi connectivity index (χ4n) is 2.28. The number of hydrogen-bond donors (Lipinski definition) is 2. The van der Waals surface area contributed by atoms with Crippen LogP contribution >= 0.6 is 11.6 Å². The van der Waals surface area contributed by atoms with Gasteiger partial charge in [0.05, 0.1) is 24.2 Å². The molecule has 1 fully saturated rings. The molecule has 1 aromatic carbocycles. The Balaban J connectivity index is 2.12. The molecule has 1 atom stereocenters. The van der Waals surface area contributed by atoms with Crippen LogP contribution < -0.4 is 10.6 Å². The minimum atomic E-state index is -2.03. The Labute approximate surface area is 162 Å². The van der Waals surface area contributed by atoms with Crippen LogP contribution in [0.1, 0.15) is 45.2 Å². The van der Waals surface area contributed by atoms with Gasteiger partial charge in [0.25, 0.3) is 0 Å². The normalized spacial score (nSPS) is 16.4. The lowest BCUT2D eigenvalue weighted by atomic mass is 10.1. The number of halogens is 2. The molecule has 0 aromatic heterocycles. The smallest absolute Gasteiger partial charge is 0.234 e. The van der Waals surface area contributed by atoms with Crippen LogP contribution in [0.5, 0.6) is 0 Å². The molecule has 2 N–H and O–H groups in total. The van der Waals surface area contributed by atoms with Gasteiger partial charge in [0.1, 0.15) is 5.82 Å². The third-order valence-electron chi connectivity index (χ3n) is 5.24. The van der Waals surface area contributed by atoms with Crippen molar-refractivity contribution in [3.05, 3.63) is 34.6 Å². The quantitative estimate of drug-likeness (QED) is 0.635. The highest BCUT2D eigenvalue weighted by molar-refractivity contribution is 6.74. The largest absolute Gasteiger partial charge is 0.414 e. The lowest BCUT2D eigenvalue weighted by Crippen LogP contribution is -2.45. The predicted molar refractivity (Wildman–Crippen MR) is 106 cm³/mol. The number of carbonyl (C=O) groups excluding carboxylic acids is 1. The van der Waals surface area contributed by atoms with Gasteiger partial charge in [-0.3, -0.25) is 4.79 Å². The van der Waals surface area contributed by atoms with Crippen molar-refractivity contribution >= 4 is 25.8 Å². The molecule has 0 saturated heterocycles. The molecule has 0 spiro atoms. The molecule has 1 aromatic rings. The Morgan fingerprint density at radius 2 is 2.04 bits per heavy atom. The predicted octanol–water partition coefficient (Wildman–Crippen LogP) is 4.41. The summed E-state index contributed by atoms with van der Waals surface area (Å²) in [7, 11) is -2.03. The van der Waals surface area contributed by atoms with Crippen molar-refractivity contribution in [2.24, 2.45) is 0 Å². The molecule has 2 rings (SSSR count). The van der Waals surface area contributed by atoms with E-state index in [0.29, 0.717) is 11.6 Å². The van der Waals surface area contributed by atoms with Crippen LogP contribution in [-0.2, 0) is 9.22 Å². The summed E-state index contributed by atoms with van der Waals surface area (Å²) in [6, 6.07) is 4.70. The molecule has 146 valence electrons. The van der Waals surface area contributed by atoms with Crippen molar-refractivity contribution < 1.29 is 13.6 Å². The Kier molecular flexibility index (Phi) is 6.88. The highest BCUT2D eigenvalue weighted by Crippen LogP contribution is 2.37. The van der Waals surface area contributed by atoms with Crippen LogP contribution in [0.3, 0.4) is 0 Å². The Hall–Kier alpha value is -0.953. The van der Waals surface area contributed by atoms with Gasteiger partial charge in [0, 0.05) is 11.6 Å². The van der Waals surface area contributed by atoms with Crippen molar-refractivity contribution in [2.45, 2.75) is 63.8 Å². The summed E-state index contributed by atoms with van der Waals surface area (Å²) in [5.41, 5.74) is 0.357. The van der Waals surface area contributed by atoms with Crippen molar-refractivity contribution in [3.63, 3.8) is 0 Å². The molecule has 0 bridgehead atoms. The van der Waals surface area contributed by atoms with E-state index in [1.807, 2.05) is 0 Å². The molecule has 0 aliphatic heterocycles. The first-order valence-corrected chi connectivity index (χ1v) is 12.4. The molecule has 4 nitrogen and oxygen atoms in total. The van der Waals surface area contributed by atoms with Gasteiger partial charge in [0.15, 0.2) is 8.32 Å². The van der Waals surface area contributed by atoms with Crippen molar-refractivity contribution in [1.29, 1.82) is 0 Å². The van der Waals surface area contributed by atoms with E-state index in [-0.39, 0.29) is 29.1 Å². The van der Waals surface area contributed by atoms with E-state index < -0.39 is 20.2 Å². The van der Waals surface area contributed by atoms with Crippen LogP contribution in [0.25, 0.3) is 0 Å². The lowest BCUT2D eigenvalue weighted by molar-refractivity contribution is -0.121. The topological polar surface area (TPSA) is 50.4 Å². The summed E-state index contributed by atoms with van der Waals surface area (Å²) >= 11 is 5.94. The average Bonchev–Trinajstić information content (AvgIpc) is 3.35. The van der Waals surface area contributed by atoms with Crippen LogP contribution in [0.15, 0.2) is 18.2 Å². The maximum atomic E-state index is 14.5. The third kappa shape index (κ3) is 5.77. The first-order valence-electron chi connectivity index (χ1n) is 9.12. The van der Waals surface area contributed by atoms with Crippen molar-refractivity contribution in [2.75, 3.05) is 13.2 Å². The molecule has 0 radical (unpaired) electrons. The molecule has 0 heterocycles. The number of hydrogen-bond acceptors (Lipinski definition) is 3. The van der Waals surface area contributed by atoms with Gasteiger partial charge in [-0.15, -0.1) is 0 Å². The van der Waals surface area contributed by atoms with Crippen LogP contribution in [-0.4, -0.2) is 33.4 Å². The van der Waals surface area contributed by atoms with Crippen LogP contribution in [0, 0.1) is 5.82 Å². The zero-order chi connectivity index (χ0) is 19.5. The van der Waals surface area contributed by atoms with Gasteiger partial charge in [0.2, 0.25) is 5.91 Å². The molecule has 26 heavy (non-hydrogen) atoms. The summed E-state index contributed by atoms with van der Waals surface area (Å²) in [5.74, 6) is -0.673. The number of nitrogens with one attached hydrogen (secondary N) is 2. The van der Waals surface area contributed by atoms with E-state index in [0.717, 1.165) is 12.8 Å². The van der Waals surface area contributed by atoms with Gasteiger partial charge >= 0.3 is 0 Å². The first-order chi connectivity index (χ1) is 12.0. The second-order valence-electron chi connectivity index (χ2n) is 8.49. The summed E-state index contributed by atoms with van der Waals surface area (Å²) in [4.78, 5) is 12.3. The molecule has 1 saturated carbocycles. The van der Waals surface area contributed by atoms with E-state index in [1.165, 1.54) is 6.07 Å². The molecule has 1 aliphatic rings. The monoisotopic (exact) mass is 400 g/mol. The van der Waals surface area contributed by atoms with E-state index in [1.54, 1.807) is 12.1 Å². The average molecular weight is 401 g/mol. The zero-order valence-corrected chi connectivity index (χ0v) is 18.0. The highest BCUT2D eigenvalue weighted by Gasteiger charge is 2.38. The first kappa shape index (κ1) is 21.3. The second-order valence-corrected chi connectivity index (χ2v) is 13.7. The van der Waals surface area contributed by atoms with Crippen LogP contribution in [0.4, 0.5) is 4.39 Å². The highest BCUT2D eigenvalue weighted by atomic mass is 35.5. The maximum absolute atomic E-state index is 14.5. The number of rotatable bonds is 8. The summed E-state index contributed by atoms with van der Waals surface area (Å²) in [5, 5.41) is 6.15. The molecule has 1 unspecified atom stereocenters. The van der Waals surface area contributed by atoms with Gasteiger partial charge in [-0.25, -0.2) is 4.39 Å². The molecule has 1 aliphatic carbocycles. The SMILES string of the molecule is CC(C)(C)[Si](C)(C)OCC(NC(=O)CNC1CC1)c1cccc(Cl)c1F. The fraction of sp³-hybridized carbons (Fsp3) is 0.632. The van der Waals surface area contributed by atoms with Gasteiger partial charge in [-0.2, -0.15) is 0 Å². The number of carbonyl (C=O) groups is 1. The molecular formula is C19H30ClFN2O2Si. The third-order valence-corrected chi connectivity index (χ3v) is 10.0. The maximum Gasteiger partial charge on any atom is 0.234 e. The second kappa shape index (κ2) is 8.38. The molecule has 1 amide bonds. The van der Waals surface area contributed by atoms with Crippen LogP contribution in [0.2, 0.25) is 23.2 Å². The molecular weight excluding hydrogens is 371 g/mol. The minimum Gasteiger partial charge on any atom is -0.414 e. The van der Waals surface area contributed by atoms with Gasteiger partial charge < -0.3 is 15.1 Å². The van der Waals surface area contributed by atoms with E-state index in [9.17, 15) is 9.18 Å². The van der Waals surface area contributed by atoms with E-state index in [2.05, 4.69) is 44.5 Å². The standard InChI is InChI=1S/C19H30ClFN2O2Si/c1-19(2,3)26(4,5)25-12-16(14-7-6-8-15(20)18(14)21)23-17(24)11-22-13-9-10-13/h6-8,13,16,22H,9-12H2,1-5H3,(H,23,24). The minimum absolute atomic E-state index is 0.0297. The Morgan fingerprint density at radius 1 is 1.38 bits per heavy atom. The Morgan fingerprint density at radius 3 is 2.62 bits per heavy atom. The van der Waals surface area contributed by atoms with E-state index >= 15 is 0 Å². The summed E-state index contributed by atoms with van der Waals surface area (Å²) in [6.07, 6.45) is 2.21. The fourth-order valence-corrected chi connectivity index (χ4v) is 3.48. The van der Waals surface area contributed by atoms with E-state index in [4.69, 9.17) is 16.0 Å².